The predicted octanol–water partition coefficient (Wildman–Crippen LogP) is 4.97. The van der Waals surface area contributed by atoms with Crippen molar-refractivity contribution in [3.63, 3.8) is 0 Å². The second-order valence-electron chi connectivity index (χ2n) is 5.13. The third-order valence-electron chi connectivity index (χ3n) is 3.19. The van der Waals surface area contributed by atoms with Gasteiger partial charge in [0, 0.05) is 22.1 Å². The summed E-state index contributed by atoms with van der Waals surface area (Å²) in [5.74, 6) is 0.969. The molecule has 2 aromatic carbocycles. The van der Waals surface area contributed by atoms with E-state index < -0.39 is 0 Å². The quantitative estimate of drug-likeness (QED) is 0.844. The van der Waals surface area contributed by atoms with Crippen LogP contribution in [-0.4, -0.2) is 6.04 Å². The van der Waals surface area contributed by atoms with Crippen LogP contribution in [0, 0.1) is 6.92 Å². The van der Waals surface area contributed by atoms with Gasteiger partial charge < -0.3 is 5.73 Å². The van der Waals surface area contributed by atoms with Gasteiger partial charge in [-0.3, -0.25) is 0 Å². The summed E-state index contributed by atoms with van der Waals surface area (Å²) >= 11 is 7.83. The lowest BCUT2D eigenvalue weighted by Gasteiger charge is -2.21. The van der Waals surface area contributed by atoms with Crippen LogP contribution in [0.2, 0.25) is 5.02 Å². The van der Waals surface area contributed by atoms with Crippen molar-refractivity contribution >= 4 is 23.4 Å². The maximum Gasteiger partial charge on any atom is 0.0448 e. The molecule has 2 aromatic rings. The molecule has 20 heavy (non-hydrogen) atoms. The zero-order valence-corrected chi connectivity index (χ0v) is 13.4. The lowest BCUT2D eigenvalue weighted by atomic mass is 10.1. The number of aryl methyl sites for hydroxylation is 1. The molecule has 2 atom stereocenters. The zero-order valence-electron chi connectivity index (χ0n) is 11.8. The Bertz CT molecular complexity index is 551. The summed E-state index contributed by atoms with van der Waals surface area (Å²) in [6.45, 7) is 4.18. The van der Waals surface area contributed by atoms with Crippen LogP contribution in [0.5, 0.6) is 0 Å². The molecule has 1 nitrogen and oxygen atoms in total. The van der Waals surface area contributed by atoms with E-state index in [1.165, 1.54) is 16.7 Å². The van der Waals surface area contributed by atoms with Gasteiger partial charge in [-0.15, -0.1) is 11.8 Å². The molecule has 0 spiro atoms. The van der Waals surface area contributed by atoms with Crippen LogP contribution in [0.3, 0.4) is 0 Å². The summed E-state index contributed by atoms with van der Waals surface area (Å²) in [6, 6.07) is 16.7. The second-order valence-corrected chi connectivity index (χ2v) is 6.70. The van der Waals surface area contributed by atoms with E-state index in [0.717, 1.165) is 10.8 Å². The minimum Gasteiger partial charge on any atom is -0.327 e. The van der Waals surface area contributed by atoms with E-state index in [9.17, 15) is 0 Å². The fourth-order valence-electron chi connectivity index (χ4n) is 2.19. The molecule has 0 saturated heterocycles. The molecule has 2 unspecified atom stereocenters. The highest BCUT2D eigenvalue weighted by Gasteiger charge is 2.16. The molecule has 2 N–H and O–H groups in total. The van der Waals surface area contributed by atoms with E-state index in [1.807, 2.05) is 23.9 Å². The molecule has 0 radical (unpaired) electrons. The van der Waals surface area contributed by atoms with E-state index in [4.69, 9.17) is 17.3 Å². The zero-order chi connectivity index (χ0) is 14.5. The SMILES string of the molecule is Cc1cccc(CSC(c2ccc(Cl)cc2)C(C)N)c1. The summed E-state index contributed by atoms with van der Waals surface area (Å²) in [4.78, 5) is 0. The van der Waals surface area contributed by atoms with Crippen molar-refractivity contribution in [1.82, 2.24) is 0 Å². The Morgan fingerprint density at radius 3 is 2.45 bits per heavy atom. The molecule has 0 amide bonds. The monoisotopic (exact) mass is 305 g/mol. The van der Waals surface area contributed by atoms with Crippen LogP contribution in [0.1, 0.15) is 28.9 Å². The van der Waals surface area contributed by atoms with Gasteiger partial charge in [0.25, 0.3) is 0 Å². The van der Waals surface area contributed by atoms with Gasteiger partial charge in [0.05, 0.1) is 0 Å². The average Bonchev–Trinajstić information content (AvgIpc) is 2.41. The summed E-state index contributed by atoms with van der Waals surface area (Å²) < 4.78 is 0. The summed E-state index contributed by atoms with van der Waals surface area (Å²) in [5, 5.41) is 1.05. The van der Waals surface area contributed by atoms with Crippen molar-refractivity contribution in [2.75, 3.05) is 0 Å². The molecule has 0 aliphatic carbocycles. The largest absolute Gasteiger partial charge is 0.327 e. The lowest BCUT2D eigenvalue weighted by molar-refractivity contribution is 0.721. The highest BCUT2D eigenvalue weighted by molar-refractivity contribution is 7.98. The standard InChI is InChI=1S/C17H20ClNS/c1-12-4-3-5-14(10-12)11-20-17(13(2)19)15-6-8-16(18)9-7-15/h3-10,13,17H,11,19H2,1-2H3. The third-order valence-corrected chi connectivity index (χ3v) is 5.00. The first kappa shape index (κ1) is 15.4. The number of rotatable bonds is 5. The van der Waals surface area contributed by atoms with Crippen molar-refractivity contribution in [2.45, 2.75) is 30.9 Å². The van der Waals surface area contributed by atoms with Gasteiger partial charge in [0.2, 0.25) is 0 Å². The van der Waals surface area contributed by atoms with Crippen LogP contribution in [0.25, 0.3) is 0 Å². The number of benzene rings is 2. The minimum atomic E-state index is 0.103. The van der Waals surface area contributed by atoms with Crippen LogP contribution in [-0.2, 0) is 5.75 Å². The Kier molecular flexibility index (Phi) is 5.53. The van der Waals surface area contributed by atoms with Crippen molar-refractivity contribution in [2.24, 2.45) is 5.73 Å². The Hall–Kier alpha value is -0.960. The maximum atomic E-state index is 6.15. The average molecular weight is 306 g/mol. The Morgan fingerprint density at radius 2 is 1.85 bits per heavy atom. The molecule has 0 heterocycles. The van der Waals surface area contributed by atoms with Gasteiger partial charge in [-0.05, 0) is 37.1 Å². The molecule has 0 aliphatic heterocycles. The minimum absolute atomic E-state index is 0.103. The number of nitrogens with two attached hydrogens (primary N) is 1. The van der Waals surface area contributed by atoms with Gasteiger partial charge in [-0.1, -0.05) is 53.6 Å². The molecule has 2 rings (SSSR count). The predicted molar refractivity (Wildman–Crippen MR) is 90.3 cm³/mol. The number of thioether (sulfide) groups is 1. The first-order chi connectivity index (χ1) is 9.56. The highest BCUT2D eigenvalue weighted by Crippen LogP contribution is 2.34. The number of hydrogen-bond acceptors (Lipinski definition) is 2. The smallest absolute Gasteiger partial charge is 0.0448 e. The normalized spacial score (nSPS) is 14.0. The third kappa shape index (κ3) is 4.27. The Morgan fingerprint density at radius 1 is 1.15 bits per heavy atom. The van der Waals surface area contributed by atoms with Crippen molar-refractivity contribution in [3.05, 3.63) is 70.2 Å². The van der Waals surface area contributed by atoms with Crippen molar-refractivity contribution in [1.29, 1.82) is 0 Å². The van der Waals surface area contributed by atoms with E-state index >= 15 is 0 Å². The molecule has 106 valence electrons. The highest BCUT2D eigenvalue weighted by atomic mass is 35.5. The Labute approximate surface area is 130 Å². The molecule has 3 heteroatoms. The lowest BCUT2D eigenvalue weighted by Crippen LogP contribution is -2.22. The van der Waals surface area contributed by atoms with Gasteiger partial charge in [-0.25, -0.2) is 0 Å². The first-order valence-electron chi connectivity index (χ1n) is 6.74. The van der Waals surface area contributed by atoms with Crippen LogP contribution in [0.4, 0.5) is 0 Å². The molecule has 0 saturated carbocycles. The van der Waals surface area contributed by atoms with Crippen LogP contribution < -0.4 is 5.73 Å². The summed E-state index contributed by atoms with van der Waals surface area (Å²) in [5.41, 5.74) is 10.0. The topological polar surface area (TPSA) is 26.0 Å². The fraction of sp³-hybridized carbons (Fsp3) is 0.294. The van der Waals surface area contributed by atoms with E-state index in [2.05, 4.69) is 50.2 Å². The van der Waals surface area contributed by atoms with Crippen LogP contribution in [0.15, 0.2) is 48.5 Å². The summed E-state index contributed by atoms with van der Waals surface area (Å²) in [7, 11) is 0. The molecule has 0 bridgehead atoms. The number of halogens is 1. The fourth-order valence-corrected chi connectivity index (χ4v) is 3.52. The van der Waals surface area contributed by atoms with Crippen molar-refractivity contribution < 1.29 is 0 Å². The van der Waals surface area contributed by atoms with E-state index in [0.29, 0.717) is 0 Å². The molecule has 0 aromatic heterocycles. The summed E-state index contributed by atoms with van der Waals surface area (Å²) in [6.07, 6.45) is 0. The van der Waals surface area contributed by atoms with Gasteiger partial charge in [0.1, 0.15) is 0 Å². The number of hydrogen-bond donors (Lipinski definition) is 1. The van der Waals surface area contributed by atoms with Crippen molar-refractivity contribution in [3.8, 4) is 0 Å². The molecule has 0 aliphatic rings. The second kappa shape index (κ2) is 7.16. The van der Waals surface area contributed by atoms with Gasteiger partial charge in [0.15, 0.2) is 0 Å². The Balaban J connectivity index is 2.08. The van der Waals surface area contributed by atoms with E-state index in [-0.39, 0.29) is 11.3 Å². The first-order valence-corrected chi connectivity index (χ1v) is 8.17. The van der Waals surface area contributed by atoms with Gasteiger partial charge >= 0.3 is 0 Å². The maximum absolute atomic E-state index is 6.15. The van der Waals surface area contributed by atoms with Gasteiger partial charge in [-0.2, -0.15) is 0 Å². The molecule has 0 fully saturated rings. The molecular formula is C17H20ClNS. The molecular weight excluding hydrogens is 286 g/mol. The van der Waals surface area contributed by atoms with Crippen LogP contribution >= 0.6 is 23.4 Å². The van der Waals surface area contributed by atoms with E-state index in [1.54, 1.807) is 0 Å².